The molecule has 1 unspecified atom stereocenters. The summed E-state index contributed by atoms with van der Waals surface area (Å²) in [5.74, 6) is -1.63. The zero-order chi connectivity index (χ0) is 11.9. The Kier molecular flexibility index (Phi) is 6.17. The van der Waals surface area contributed by atoms with Gasteiger partial charge in [-0.15, -0.1) is 0 Å². The van der Waals surface area contributed by atoms with E-state index in [1.807, 2.05) is 0 Å². The van der Waals surface area contributed by atoms with Crippen LogP contribution in [0.4, 0.5) is 0 Å². The molecule has 4 heteroatoms. The van der Waals surface area contributed by atoms with Crippen molar-refractivity contribution in [3.8, 4) is 0 Å². The molecule has 0 saturated heterocycles. The van der Waals surface area contributed by atoms with Gasteiger partial charge in [-0.2, -0.15) is 0 Å². The van der Waals surface area contributed by atoms with Gasteiger partial charge in [0.15, 0.2) is 11.3 Å². The Hall–Kier alpha value is -0.900. The molecule has 0 heterocycles. The maximum atomic E-state index is 11.4. The van der Waals surface area contributed by atoms with Crippen molar-refractivity contribution in [3.05, 3.63) is 0 Å². The van der Waals surface area contributed by atoms with Gasteiger partial charge < -0.3 is 10.8 Å². The Morgan fingerprint density at radius 1 is 1.20 bits per heavy atom. The summed E-state index contributed by atoms with van der Waals surface area (Å²) in [7, 11) is 0. The van der Waals surface area contributed by atoms with Crippen molar-refractivity contribution in [1.82, 2.24) is 0 Å². The molecule has 0 bridgehead atoms. The highest BCUT2D eigenvalue weighted by atomic mass is 16.4. The lowest BCUT2D eigenvalue weighted by molar-refractivity contribution is -0.147. The van der Waals surface area contributed by atoms with Crippen molar-refractivity contribution in [3.63, 3.8) is 0 Å². The SMILES string of the molecule is CCCCCCCC(=O)C(C)(N)C(=O)O. The van der Waals surface area contributed by atoms with E-state index in [0.29, 0.717) is 0 Å². The van der Waals surface area contributed by atoms with Crippen molar-refractivity contribution in [2.75, 3.05) is 0 Å². The Morgan fingerprint density at radius 3 is 2.20 bits per heavy atom. The van der Waals surface area contributed by atoms with Crippen LogP contribution in [0, 0.1) is 0 Å². The lowest BCUT2D eigenvalue weighted by Crippen LogP contribution is -2.52. The van der Waals surface area contributed by atoms with Gasteiger partial charge in [0.05, 0.1) is 0 Å². The molecule has 0 amide bonds. The molecule has 1 atom stereocenters. The molecule has 3 N–H and O–H groups in total. The van der Waals surface area contributed by atoms with Gasteiger partial charge in [-0.05, 0) is 13.3 Å². The summed E-state index contributed by atoms with van der Waals surface area (Å²) >= 11 is 0. The standard InChI is InChI=1S/C11H21NO3/c1-3-4-5-6-7-8-9(13)11(2,12)10(14)15/h3-8,12H2,1-2H3,(H,14,15). The van der Waals surface area contributed by atoms with Gasteiger partial charge in [0.1, 0.15) is 0 Å². The maximum Gasteiger partial charge on any atom is 0.331 e. The van der Waals surface area contributed by atoms with Crippen molar-refractivity contribution in [1.29, 1.82) is 0 Å². The summed E-state index contributed by atoms with van der Waals surface area (Å²) < 4.78 is 0. The number of rotatable bonds is 8. The van der Waals surface area contributed by atoms with Crippen LogP contribution in [0.5, 0.6) is 0 Å². The number of carbonyl (C=O) groups is 2. The van der Waals surface area contributed by atoms with Crippen LogP contribution in [0.3, 0.4) is 0 Å². The first-order chi connectivity index (χ1) is 6.92. The van der Waals surface area contributed by atoms with E-state index < -0.39 is 11.5 Å². The quantitative estimate of drug-likeness (QED) is 0.477. The van der Waals surface area contributed by atoms with Crippen LogP contribution in [-0.4, -0.2) is 22.4 Å². The number of carbonyl (C=O) groups excluding carboxylic acids is 1. The molecule has 0 rings (SSSR count). The van der Waals surface area contributed by atoms with Crippen LogP contribution in [0.1, 0.15) is 52.4 Å². The van der Waals surface area contributed by atoms with Gasteiger partial charge in [-0.3, -0.25) is 4.79 Å². The second-order valence-corrected chi connectivity index (χ2v) is 4.09. The van der Waals surface area contributed by atoms with Crippen LogP contribution in [0.15, 0.2) is 0 Å². The maximum absolute atomic E-state index is 11.4. The first kappa shape index (κ1) is 14.1. The molecule has 0 radical (unpaired) electrons. The van der Waals surface area contributed by atoms with Gasteiger partial charge in [-0.25, -0.2) is 4.79 Å². The lowest BCUT2D eigenvalue weighted by Gasteiger charge is -2.17. The smallest absolute Gasteiger partial charge is 0.331 e. The van der Waals surface area contributed by atoms with Crippen LogP contribution >= 0.6 is 0 Å². The Morgan fingerprint density at radius 2 is 1.73 bits per heavy atom. The van der Waals surface area contributed by atoms with Crippen LogP contribution in [0.25, 0.3) is 0 Å². The number of aliphatic carboxylic acids is 1. The molecule has 0 spiro atoms. The fraction of sp³-hybridized carbons (Fsp3) is 0.818. The molecule has 0 aromatic carbocycles. The van der Waals surface area contributed by atoms with Gasteiger partial charge in [-0.1, -0.05) is 32.6 Å². The molecule has 0 aliphatic carbocycles. The lowest BCUT2D eigenvalue weighted by atomic mass is 9.93. The monoisotopic (exact) mass is 215 g/mol. The first-order valence-corrected chi connectivity index (χ1v) is 5.48. The minimum absolute atomic E-state index is 0.267. The second-order valence-electron chi connectivity index (χ2n) is 4.09. The zero-order valence-corrected chi connectivity index (χ0v) is 9.58. The third-order valence-corrected chi connectivity index (χ3v) is 2.53. The van der Waals surface area contributed by atoms with Crippen LogP contribution in [-0.2, 0) is 9.59 Å². The third kappa shape index (κ3) is 4.93. The van der Waals surface area contributed by atoms with E-state index in [1.165, 1.54) is 6.92 Å². The van der Waals surface area contributed by atoms with E-state index in [9.17, 15) is 9.59 Å². The molecule has 15 heavy (non-hydrogen) atoms. The molecule has 4 nitrogen and oxygen atoms in total. The number of carboxylic acid groups (broad SMARTS) is 1. The molecule has 0 saturated carbocycles. The van der Waals surface area contributed by atoms with E-state index in [1.54, 1.807) is 0 Å². The predicted molar refractivity (Wildman–Crippen MR) is 58.6 cm³/mol. The molecule has 0 fully saturated rings. The number of hydrogen-bond acceptors (Lipinski definition) is 3. The predicted octanol–water partition coefficient (Wildman–Crippen LogP) is 1.72. The number of unbranched alkanes of at least 4 members (excludes halogenated alkanes) is 4. The van der Waals surface area contributed by atoms with E-state index in [-0.39, 0.29) is 12.2 Å². The largest absolute Gasteiger partial charge is 0.480 e. The Bertz CT molecular complexity index is 224. The average molecular weight is 215 g/mol. The summed E-state index contributed by atoms with van der Waals surface area (Å²) in [4.78, 5) is 22.1. The first-order valence-electron chi connectivity index (χ1n) is 5.48. The van der Waals surface area contributed by atoms with Crippen molar-refractivity contribution < 1.29 is 14.7 Å². The van der Waals surface area contributed by atoms with Crippen molar-refractivity contribution in [2.24, 2.45) is 5.73 Å². The zero-order valence-electron chi connectivity index (χ0n) is 9.58. The van der Waals surface area contributed by atoms with E-state index in [2.05, 4.69) is 6.92 Å². The Labute approximate surface area is 90.8 Å². The minimum Gasteiger partial charge on any atom is -0.480 e. The van der Waals surface area contributed by atoms with Crippen LogP contribution in [0.2, 0.25) is 0 Å². The minimum atomic E-state index is -1.72. The van der Waals surface area contributed by atoms with Crippen LogP contribution < -0.4 is 5.73 Å². The summed E-state index contributed by atoms with van der Waals surface area (Å²) in [5.41, 5.74) is 3.68. The van der Waals surface area contributed by atoms with Crippen molar-refractivity contribution in [2.45, 2.75) is 57.9 Å². The third-order valence-electron chi connectivity index (χ3n) is 2.53. The Balaban J connectivity index is 3.79. The molecular weight excluding hydrogens is 194 g/mol. The number of carboxylic acids is 1. The highest BCUT2D eigenvalue weighted by molar-refractivity contribution is 6.06. The van der Waals surface area contributed by atoms with E-state index in [4.69, 9.17) is 10.8 Å². The van der Waals surface area contributed by atoms with E-state index in [0.717, 1.165) is 32.1 Å². The van der Waals surface area contributed by atoms with Gasteiger partial charge in [0.2, 0.25) is 0 Å². The summed E-state index contributed by atoms with van der Waals surface area (Å²) in [6.45, 7) is 3.37. The second kappa shape index (κ2) is 6.56. The molecule has 88 valence electrons. The van der Waals surface area contributed by atoms with Crippen molar-refractivity contribution >= 4 is 11.8 Å². The number of nitrogens with two attached hydrogens (primary N) is 1. The molecule has 0 aliphatic rings. The summed E-state index contributed by atoms with van der Waals surface area (Å²) in [6, 6.07) is 0. The fourth-order valence-electron chi connectivity index (χ4n) is 1.27. The average Bonchev–Trinajstić information content (AvgIpc) is 2.16. The highest BCUT2D eigenvalue weighted by Crippen LogP contribution is 2.10. The number of hydrogen-bond donors (Lipinski definition) is 2. The number of Topliss-reactive ketones (excluding diaryl/α,β-unsaturated/α-hetero) is 1. The highest BCUT2D eigenvalue weighted by Gasteiger charge is 2.35. The molecule has 0 aromatic heterocycles. The summed E-state index contributed by atoms with van der Waals surface area (Å²) in [5, 5.41) is 8.71. The molecule has 0 aromatic rings. The fourth-order valence-corrected chi connectivity index (χ4v) is 1.27. The summed E-state index contributed by atoms with van der Waals surface area (Å²) in [6.07, 6.45) is 5.38. The van der Waals surface area contributed by atoms with Gasteiger partial charge >= 0.3 is 5.97 Å². The molecule has 0 aliphatic heterocycles. The van der Waals surface area contributed by atoms with Gasteiger partial charge in [0.25, 0.3) is 0 Å². The van der Waals surface area contributed by atoms with E-state index >= 15 is 0 Å². The van der Waals surface area contributed by atoms with Gasteiger partial charge in [0, 0.05) is 6.42 Å². The topological polar surface area (TPSA) is 80.4 Å². The normalized spacial score (nSPS) is 14.6. The number of ketones is 1. The molecular formula is C11H21NO3.